The van der Waals surface area contributed by atoms with Crippen LogP contribution in [0.25, 0.3) is 6.08 Å². The molecule has 0 radical (unpaired) electrons. The molecule has 7 nitrogen and oxygen atoms in total. The van der Waals surface area contributed by atoms with Crippen molar-refractivity contribution in [3.05, 3.63) is 101 Å². The Morgan fingerprint density at radius 1 is 1.27 bits per heavy atom. The molecule has 0 amide bonds. The van der Waals surface area contributed by atoms with Crippen molar-refractivity contribution < 1.29 is 19.0 Å². The molecule has 192 valence electrons. The van der Waals surface area contributed by atoms with Crippen molar-refractivity contribution in [2.45, 2.75) is 35.9 Å². The van der Waals surface area contributed by atoms with E-state index in [1.807, 2.05) is 31.2 Å². The molecule has 2 heterocycles. The van der Waals surface area contributed by atoms with Gasteiger partial charge < -0.3 is 14.6 Å². The first kappa shape index (κ1) is 27.0. The summed E-state index contributed by atoms with van der Waals surface area (Å²) < 4.78 is 27.5. The second-order valence-corrected chi connectivity index (χ2v) is 10.5. The van der Waals surface area contributed by atoms with E-state index >= 15 is 0 Å². The lowest BCUT2D eigenvalue weighted by Gasteiger charge is -2.37. The van der Waals surface area contributed by atoms with Crippen LogP contribution in [0.1, 0.15) is 23.6 Å². The van der Waals surface area contributed by atoms with Crippen molar-refractivity contribution in [1.29, 1.82) is 5.26 Å². The van der Waals surface area contributed by atoms with Gasteiger partial charge in [-0.3, -0.25) is 0 Å². The fourth-order valence-corrected chi connectivity index (χ4v) is 5.20. The van der Waals surface area contributed by atoms with Crippen LogP contribution in [0, 0.1) is 17.1 Å². The fourth-order valence-electron chi connectivity index (χ4n) is 3.86. The standard InChI is InChI=1S/C27H26ClFN4O3S/c1-19(27(34,16-33-18-31-17-32-33)22-8-10-23(28)11-9-22)37-26-15-35-24(14-36-26)5-3-2-4-21-7-6-20(13-30)12-25(21)29/h2-12,17-19,24,26,34H,14-16H2,1H3/b4-2+,5-3+/t19-,24-,26+,27-/m1/s1. The molecule has 0 saturated carbocycles. The monoisotopic (exact) mass is 540 g/mol. The van der Waals surface area contributed by atoms with Gasteiger partial charge in [0.05, 0.1) is 37.5 Å². The van der Waals surface area contributed by atoms with Crippen LogP contribution in [0.4, 0.5) is 4.39 Å². The smallest absolute Gasteiger partial charge is 0.137 e. The molecule has 4 atom stereocenters. The second-order valence-electron chi connectivity index (χ2n) is 8.53. The number of halogens is 2. The van der Waals surface area contributed by atoms with Crippen LogP contribution in [0.2, 0.25) is 5.02 Å². The van der Waals surface area contributed by atoms with Gasteiger partial charge in [0.1, 0.15) is 29.5 Å². The highest BCUT2D eigenvalue weighted by atomic mass is 35.5. The topological polar surface area (TPSA) is 93.2 Å². The van der Waals surface area contributed by atoms with Gasteiger partial charge in [-0.15, -0.1) is 11.8 Å². The van der Waals surface area contributed by atoms with Gasteiger partial charge in [-0.1, -0.05) is 54.1 Å². The van der Waals surface area contributed by atoms with Crippen LogP contribution in [-0.4, -0.2) is 49.9 Å². The number of aliphatic hydroxyl groups is 1. The Kier molecular flexibility index (Phi) is 9.14. The average molecular weight is 541 g/mol. The minimum Gasteiger partial charge on any atom is -0.382 e. The van der Waals surface area contributed by atoms with Crippen molar-refractivity contribution in [2.24, 2.45) is 0 Å². The zero-order chi connectivity index (χ0) is 26.3. The van der Waals surface area contributed by atoms with E-state index in [1.54, 1.807) is 53.5 Å². The molecular formula is C27H26ClFN4O3S. The fraction of sp³-hybridized carbons (Fsp3) is 0.296. The minimum atomic E-state index is -1.26. The molecule has 1 saturated heterocycles. The van der Waals surface area contributed by atoms with Crippen LogP contribution in [0.15, 0.2) is 73.3 Å². The largest absolute Gasteiger partial charge is 0.382 e. The SMILES string of the molecule is C[C@@H](S[C@H]1CO[C@H](/C=C/C=C/c2ccc(C#N)cc2F)CO1)[C@](O)(Cn1cncn1)c1ccc(Cl)cc1. The summed E-state index contributed by atoms with van der Waals surface area (Å²) in [5.74, 6) is -0.447. The lowest BCUT2D eigenvalue weighted by molar-refractivity contribution is -0.0831. The maximum atomic E-state index is 14.0. The van der Waals surface area contributed by atoms with Gasteiger partial charge in [-0.05, 0) is 36.8 Å². The van der Waals surface area contributed by atoms with Gasteiger partial charge >= 0.3 is 0 Å². The van der Waals surface area contributed by atoms with Gasteiger partial charge in [0.25, 0.3) is 0 Å². The predicted molar refractivity (Wildman–Crippen MR) is 141 cm³/mol. The first-order chi connectivity index (χ1) is 17.9. The van der Waals surface area contributed by atoms with Gasteiger partial charge in [-0.25, -0.2) is 14.1 Å². The zero-order valence-corrected chi connectivity index (χ0v) is 21.6. The molecule has 3 aromatic rings. The summed E-state index contributed by atoms with van der Waals surface area (Å²) in [4.78, 5) is 3.98. The van der Waals surface area contributed by atoms with E-state index in [2.05, 4.69) is 10.1 Å². The van der Waals surface area contributed by atoms with E-state index in [0.717, 1.165) is 5.56 Å². The average Bonchev–Trinajstić information content (AvgIpc) is 3.41. The van der Waals surface area contributed by atoms with Crippen molar-refractivity contribution in [2.75, 3.05) is 13.2 Å². The molecule has 0 unspecified atom stereocenters. The van der Waals surface area contributed by atoms with Crippen LogP contribution in [0.3, 0.4) is 0 Å². The Labute approximate surface area is 224 Å². The minimum absolute atomic E-state index is 0.216. The summed E-state index contributed by atoms with van der Waals surface area (Å²) in [6, 6.07) is 13.4. The molecule has 4 rings (SSSR count). The maximum Gasteiger partial charge on any atom is 0.137 e. The Morgan fingerprint density at radius 3 is 2.73 bits per heavy atom. The molecule has 1 aliphatic rings. The van der Waals surface area contributed by atoms with E-state index in [-0.39, 0.29) is 28.9 Å². The summed E-state index contributed by atoms with van der Waals surface area (Å²) in [7, 11) is 0. The number of nitriles is 1. The Bertz CT molecular complexity index is 1270. The Hall–Kier alpha value is -3.00. The summed E-state index contributed by atoms with van der Waals surface area (Å²) in [6.45, 7) is 2.85. The zero-order valence-electron chi connectivity index (χ0n) is 20.1. The van der Waals surface area contributed by atoms with Gasteiger partial charge in [-0.2, -0.15) is 10.4 Å². The predicted octanol–water partition coefficient (Wildman–Crippen LogP) is 4.96. The molecule has 37 heavy (non-hydrogen) atoms. The molecule has 0 spiro atoms. The highest BCUT2D eigenvalue weighted by Gasteiger charge is 2.39. The van der Waals surface area contributed by atoms with E-state index in [4.69, 9.17) is 26.3 Å². The first-order valence-corrected chi connectivity index (χ1v) is 12.9. The normalized spacial score (nSPS) is 20.6. The van der Waals surface area contributed by atoms with Crippen molar-refractivity contribution in [1.82, 2.24) is 14.8 Å². The number of hydrogen-bond acceptors (Lipinski definition) is 7. The van der Waals surface area contributed by atoms with Gasteiger partial charge in [0, 0.05) is 15.8 Å². The Balaban J connectivity index is 1.33. The third kappa shape index (κ3) is 7.06. The highest BCUT2D eigenvalue weighted by Crippen LogP contribution is 2.38. The third-order valence-electron chi connectivity index (χ3n) is 5.98. The maximum absolute atomic E-state index is 14.0. The van der Waals surface area contributed by atoms with Gasteiger partial charge in [0.2, 0.25) is 0 Å². The van der Waals surface area contributed by atoms with E-state index in [0.29, 0.717) is 23.8 Å². The van der Waals surface area contributed by atoms with Crippen molar-refractivity contribution in [3.63, 3.8) is 0 Å². The van der Waals surface area contributed by atoms with Crippen LogP contribution in [0.5, 0.6) is 0 Å². The summed E-state index contributed by atoms with van der Waals surface area (Å²) in [6.07, 6.45) is 9.72. The number of rotatable bonds is 9. The summed E-state index contributed by atoms with van der Waals surface area (Å²) >= 11 is 7.55. The lowest BCUT2D eigenvalue weighted by atomic mass is 9.90. The number of hydrogen-bond donors (Lipinski definition) is 1. The van der Waals surface area contributed by atoms with E-state index in [1.165, 1.54) is 24.2 Å². The number of nitrogens with zero attached hydrogens (tertiary/aromatic N) is 4. The number of benzene rings is 2. The van der Waals surface area contributed by atoms with Crippen LogP contribution < -0.4 is 0 Å². The molecular weight excluding hydrogens is 515 g/mol. The first-order valence-electron chi connectivity index (χ1n) is 11.6. The molecule has 0 aliphatic carbocycles. The van der Waals surface area contributed by atoms with Gasteiger partial charge in [0.15, 0.2) is 0 Å². The number of aromatic nitrogens is 3. The van der Waals surface area contributed by atoms with Crippen LogP contribution >= 0.6 is 23.4 Å². The third-order valence-corrected chi connectivity index (χ3v) is 7.60. The number of allylic oxidation sites excluding steroid dienone is 2. The molecule has 10 heteroatoms. The van der Waals surface area contributed by atoms with E-state index in [9.17, 15) is 9.50 Å². The molecule has 1 fully saturated rings. The molecule has 1 aromatic heterocycles. The highest BCUT2D eigenvalue weighted by molar-refractivity contribution is 8.00. The number of ether oxygens (including phenoxy) is 2. The summed E-state index contributed by atoms with van der Waals surface area (Å²) in [5.41, 5.74) is -0.124. The van der Waals surface area contributed by atoms with Crippen molar-refractivity contribution in [3.8, 4) is 6.07 Å². The lowest BCUT2D eigenvalue weighted by Crippen LogP contribution is -2.43. The Morgan fingerprint density at radius 2 is 2.08 bits per heavy atom. The van der Waals surface area contributed by atoms with Crippen molar-refractivity contribution >= 4 is 29.4 Å². The molecule has 2 aromatic carbocycles. The second kappa shape index (κ2) is 12.5. The molecule has 1 N–H and O–H groups in total. The quantitative estimate of drug-likeness (QED) is 0.383. The summed E-state index contributed by atoms with van der Waals surface area (Å²) in [5, 5.41) is 25.1. The number of thioether (sulfide) groups is 1. The van der Waals surface area contributed by atoms with Crippen LogP contribution in [-0.2, 0) is 21.6 Å². The molecule has 1 aliphatic heterocycles. The molecule has 0 bridgehead atoms. The van der Waals surface area contributed by atoms with E-state index < -0.39 is 11.4 Å².